The lowest BCUT2D eigenvalue weighted by Crippen LogP contribution is -2.08. The van der Waals surface area contributed by atoms with Crippen molar-refractivity contribution < 1.29 is 4.52 Å². The van der Waals surface area contributed by atoms with Gasteiger partial charge in [-0.15, -0.1) is 11.8 Å². The third-order valence-corrected chi connectivity index (χ3v) is 3.59. The highest BCUT2D eigenvalue weighted by Crippen LogP contribution is 2.23. The van der Waals surface area contributed by atoms with E-state index in [1.165, 1.54) is 10.5 Å². The number of rotatable bonds is 5. The zero-order chi connectivity index (χ0) is 13.0. The number of hydrogen-bond acceptors (Lipinski definition) is 5. The van der Waals surface area contributed by atoms with Gasteiger partial charge in [0.1, 0.15) is 0 Å². The fourth-order valence-electron chi connectivity index (χ4n) is 1.50. The van der Waals surface area contributed by atoms with Crippen LogP contribution in [0, 0.1) is 6.92 Å². The zero-order valence-corrected chi connectivity index (χ0v) is 11.4. The quantitative estimate of drug-likeness (QED) is 0.840. The van der Waals surface area contributed by atoms with E-state index in [1.807, 2.05) is 13.0 Å². The van der Waals surface area contributed by atoms with Crippen molar-refractivity contribution in [2.45, 2.75) is 37.0 Å². The molecule has 96 valence electrons. The van der Waals surface area contributed by atoms with E-state index in [4.69, 9.17) is 10.3 Å². The van der Waals surface area contributed by atoms with Gasteiger partial charge in [0.15, 0.2) is 5.82 Å². The van der Waals surface area contributed by atoms with Gasteiger partial charge in [0.2, 0.25) is 5.89 Å². The topological polar surface area (TPSA) is 64.9 Å². The Morgan fingerprint density at radius 2 is 2.28 bits per heavy atom. The first-order valence-corrected chi connectivity index (χ1v) is 6.95. The maximum Gasteiger partial charge on any atom is 0.243 e. The molecule has 0 aliphatic carbocycles. The molecule has 1 aromatic heterocycles. The Labute approximate surface area is 111 Å². The van der Waals surface area contributed by atoms with Crippen LogP contribution in [0.2, 0.25) is 0 Å². The van der Waals surface area contributed by atoms with Gasteiger partial charge in [-0.25, -0.2) is 0 Å². The molecule has 0 aliphatic heterocycles. The predicted octanol–water partition coefficient (Wildman–Crippen LogP) is 3.08. The molecule has 0 amide bonds. The summed E-state index contributed by atoms with van der Waals surface area (Å²) in [5.74, 6) is 1.92. The van der Waals surface area contributed by atoms with Gasteiger partial charge in [-0.05, 0) is 25.5 Å². The highest BCUT2D eigenvalue weighted by atomic mass is 32.2. The van der Waals surface area contributed by atoms with Crippen LogP contribution in [0.4, 0.5) is 0 Å². The first-order chi connectivity index (χ1) is 8.69. The Kier molecular flexibility index (Phi) is 4.38. The Bertz CT molecular complexity index is 512. The van der Waals surface area contributed by atoms with E-state index in [9.17, 15) is 0 Å². The fourth-order valence-corrected chi connectivity index (χ4v) is 2.36. The molecule has 0 bridgehead atoms. The van der Waals surface area contributed by atoms with Gasteiger partial charge in [0.05, 0.1) is 11.8 Å². The summed E-state index contributed by atoms with van der Waals surface area (Å²) in [5.41, 5.74) is 7.08. The second kappa shape index (κ2) is 6.02. The molecule has 1 unspecified atom stereocenters. The summed E-state index contributed by atoms with van der Waals surface area (Å²) in [6.07, 6.45) is 0.798. The normalized spacial score (nSPS) is 12.6. The molecule has 1 aromatic carbocycles. The predicted molar refractivity (Wildman–Crippen MR) is 72.3 cm³/mol. The monoisotopic (exact) mass is 263 g/mol. The van der Waals surface area contributed by atoms with Crippen LogP contribution >= 0.6 is 11.8 Å². The molecule has 2 rings (SSSR count). The standard InChI is InChI=1S/C13H17N3OS/c1-3-11(14)13-15-12(16-17-13)8-18-10-6-4-5-9(2)7-10/h4-7,11H,3,8,14H2,1-2H3. The summed E-state index contributed by atoms with van der Waals surface area (Å²) in [6.45, 7) is 4.08. The van der Waals surface area contributed by atoms with Crippen molar-refractivity contribution in [3.63, 3.8) is 0 Å². The number of nitrogens with zero attached hydrogens (tertiary/aromatic N) is 2. The molecule has 0 aliphatic rings. The molecule has 1 heterocycles. The average Bonchev–Trinajstić information content (AvgIpc) is 2.84. The molecular weight excluding hydrogens is 246 g/mol. The summed E-state index contributed by atoms with van der Waals surface area (Å²) >= 11 is 1.69. The summed E-state index contributed by atoms with van der Waals surface area (Å²) in [7, 11) is 0. The van der Waals surface area contributed by atoms with E-state index >= 15 is 0 Å². The number of benzene rings is 1. The van der Waals surface area contributed by atoms with Crippen molar-refractivity contribution >= 4 is 11.8 Å². The van der Waals surface area contributed by atoms with Crippen LogP contribution in [0.3, 0.4) is 0 Å². The molecule has 1 atom stereocenters. The summed E-state index contributed by atoms with van der Waals surface area (Å²) in [6, 6.07) is 8.19. The molecule has 0 saturated carbocycles. The first kappa shape index (κ1) is 13.1. The van der Waals surface area contributed by atoms with Gasteiger partial charge < -0.3 is 10.3 Å². The largest absolute Gasteiger partial charge is 0.338 e. The van der Waals surface area contributed by atoms with Gasteiger partial charge in [0.25, 0.3) is 0 Å². The molecule has 0 spiro atoms. The summed E-state index contributed by atoms with van der Waals surface area (Å²) in [4.78, 5) is 5.50. The Morgan fingerprint density at radius 1 is 1.44 bits per heavy atom. The van der Waals surface area contributed by atoms with Crippen LogP contribution in [0.15, 0.2) is 33.7 Å². The van der Waals surface area contributed by atoms with Gasteiger partial charge >= 0.3 is 0 Å². The average molecular weight is 263 g/mol. The smallest absolute Gasteiger partial charge is 0.243 e. The first-order valence-electron chi connectivity index (χ1n) is 5.96. The lowest BCUT2D eigenvalue weighted by atomic mass is 10.2. The van der Waals surface area contributed by atoms with Crippen molar-refractivity contribution in [1.82, 2.24) is 10.1 Å². The Hall–Kier alpha value is -1.33. The van der Waals surface area contributed by atoms with Crippen molar-refractivity contribution in [1.29, 1.82) is 0 Å². The molecule has 0 fully saturated rings. The van der Waals surface area contributed by atoms with E-state index in [-0.39, 0.29) is 6.04 Å². The van der Waals surface area contributed by atoms with Crippen LogP contribution in [-0.4, -0.2) is 10.1 Å². The van der Waals surface area contributed by atoms with Gasteiger partial charge in [0, 0.05) is 4.90 Å². The third kappa shape index (κ3) is 3.34. The summed E-state index contributed by atoms with van der Waals surface area (Å²) < 4.78 is 5.13. The van der Waals surface area contributed by atoms with Crippen molar-refractivity contribution in [3.05, 3.63) is 41.5 Å². The minimum atomic E-state index is -0.157. The number of thioether (sulfide) groups is 1. The molecular formula is C13H17N3OS. The van der Waals surface area contributed by atoms with Crippen molar-refractivity contribution in [2.24, 2.45) is 5.73 Å². The van der Waals surface area contributed by atoms with E-state index in [1.54, 1.807) is 11.8 Å². The molecule has 4 nitrogen and oxygen atoms in total. The lowest BCUT2D eigenvalue weighted by molar-refractivity contribution is 0.349. The second-order valence-electron chi connectivity index (χ2n) is 4.17. The third-order valence-electron chi connectivity index (χ3n) is 2.60. The Balaban J connectivity index is 1.96. The lowest BCUT2D eigenvalue weighted by Gasteiger charge is -2.00. The molecule has 2 aromatic rings. The van der Waals surface area contributed by atoms with Crippen LogP contribution in [0.1, 0.15) is 36.7 Å². The van der Waals surface area contributed by atoms with E-state index in [0.717, 1.165) is 6.42 Å². The van der Waals surface area contributed by atoms with Crippen LogP contribution in [0.5, 0.6) is 0 Å². The van der Waals surface area contributed by atoms with Crippen molar-refractivity contribution in [3.8, 4) is 0 Å². The van der Waals surface area contributed by atoms with Crippen LogP contribution in [-0.2, 0) is 5.75 Å². The fraction of sp³-hybridized carbons (Fsp3) is 0.385. The summed E-state index contributed by atoms with van der Waals surface area (Å²) in [5, 5.41) is 3.94. The number of nitrogens with two attached hydrogens (primary N) is 1. The highest BCUT2D eigenvalue weighted by molar-refractivity contribution is 7.98. The molecule has 0 saturated heterocycles. The molecule has 5 heteroatoms. The number of aryl methyl sites for hydroxylation is 1. The second-order valence-corrected chi connectivity index (χ2v) is 5.22. The number of hydrogen-bond donors (Lipinski definition) is 1. The highest BCUT2D eigenvalue weighted by Gasteiger charge is 2.12. The minimum absolute atomic E-state index is 0.157. The van der Waals surface area contributed by atoms with Crippen LogP contribution < -0.4 is 5.73 Å². The van der Waals surface area contributed by atoms with Crippen LogP contribution in [0.25, 0.3) is 0 Å². The van der Waals surface area contributed by atoms with Gasteiger partial charge in [-0.1, -0.05) is 29.8 Å². The van der Waals surface area contributed by atoms with Gasteiger partial charge in [-0.3, -0.25) is 0 Å². The minimum Gasteiger partial charge on any atom is -0.338 e. The van der Waals surface area contributed by atoms with E-state index < -0.39 is 0 Å². The number of aromatic nitrogens is 2. The van der Waals surface area contributed by atoms with Crippen molar-refractivity contribution in [2.75, 3.05) is 0 Å². The van der Waals surface area contributed by atoms with E-state index in [0.29, 0.717) is 17.5 Å². The van der Waals surface area contributed by atoms with E-state index in [2.05, 4.69) is 35.3 Å². The molecule has 2 N–H and O–H groups in total. The zero-order valence-electron chi connectivity index (χ0n) is 10.6. The molecule has 0 radical (unpaired) electrons. The SMILES string of the molecule is CCC(N)c1nc(CSc2cccc(C)c2)no1. The Morgan fingerprint density at radius 3 is 3.00 bits per heavy atom. The maximum atomic E-state index is 5.83. The maximum absolute atomic E-state index is 5.83. The van der Waals surface area contributed by atoms with Gasteiger partial charge in [-0.2, -0.15) is 4.98 Å². The molecule has 18 heavy (non-hydrogen) atoms.